The van der Waals surface area contributed by atoms with E-state index >= 15 is 0 Å². The molecule has 2 aromatic carbocycles. The number of nitrogens with zero attached hydrogens (tertiary/aromatic N) is 2. The second-order valence-electron chi connectivity index (χ2n) is 4.95. The van der Waals surface area contributed by atoms with Crippen LogP contribution in [0, 0.1) is 3.57 Å². The van der Waals surface area contributed by atoms with Gasteiger partial charge in [-0.05, 0) is 52.9 Å². The van der Waals surface area contributed by atoms with Crippen LogP contribution in [0.1, 0.15) is 16.8 Å². The summed E-state index contributed by atoms with van der Waals surface area (Å²) in [6.45, 7) is 0.680. The van der Waals surface area contributed by atoms with Gasteiger partial charge in [0.05, 0.1) is 21.3 Å². The van der Waals surface area contributed by atoms with Gasteiger partial charge in [0.15, 0.2) is 0 Å². The van der Waals surface area contributed by atoms with Gasteiger partial charge in [-0.15, -0.1) is 0 Å². The van der Waals surface area contributed by atoms with Gasteiger partial charge in [0, 0.05) is 16.5 Å². The van der Waals surface area contributed by atoms with E-state index in [2.05, 4.69) is 33.0 Å². The molecule has 0 saturated heterocycles. The minimum atomic E-state index is -0.148. The fourth-order valence-corrected chi connectivity index (χ4v) is 3.15. The number of nitrogens with one attached hydrogen (secondary N) is 1. The molecule has 1 amide bonds. The number of benzene rings is 2. The Kier molecular flexibility index (Phi) is 5.08. The summed E-state index contributed by atoms with van der Waals surface area (Å²) in [5.41, 5.74) is 1.49. The van der Waals surface area contributed by atoms with Crippen molar-refractivity contribution in [3.63, 3.8) is 0 Å². The fourth-order valence-electron chi connectivity index (χ4n) is 2.22. The maximum absolute atomic E-state index is 12.3. The number of hydrogen-bond acceptors (Lipinski definition) is 3. The van der Waals surface area contributed by atoms with Crippen molar-refractivity contribution in [1.29, 1.82) is 0 Å². The summed E-state index contributed by atoms with van der Waals surface area (Å²) in [5.74, 6) is 0.491. The van der Waals surface area contributed by atoms with Crippen LogP contribution in [0.4, 0.5) is 5.69 Å². The van der Waals surface area contributed by atoms with Crippen molar-refractivity contribution in [3.8, 4) is 0 Å². The van der Waals surface area contributed by atoms with Gasteiger partial charge in [-0.25, -0.2) is 0 Å². The van der Waals surface area contributed by atoms with Crippen molar-refractivity contribution >= 4 is 63.2 Å². The normalized spacial score (nSPS) is 13.9. The third-order valence-electron chi connectivity index (χ3n) is 3.38. The number of hydrogen-bond donors (Lipinski definition) is 1. The predicted molar refractivity (Wildman–Crippen MR) is 102 cm³/mol. The number of amidine groups is 1. The zero-order valence-electron chi connectivity index (χ0n) is 11.9. The third kappa shape index (κ3) is 3.79. The molecule has 0 saturated carbocycles. The van der Waals surface area contributed by atoms with E-state index in [4.69, 9.17) is 23.2 Å². The second-order valence-corrected chi connectivity index (χ2v) is 6.93. The number of rotatable bonds is 2. The number of carbonyl (C=O) groups is 1. The van der Waals surface area contributed by atoms with Crippen LogP contribution < -0.4 is 10.3 Å². The SMILES string of the molecule is O=C(NC1=NN(c2ccc(Cl)c(Cl)c2)CC1)c1ccccc1I. The highest BCUT2D eigenvalue weighted by Crippen LogP contribution is 2.28. The van der Waals surface area contributed by atoms with Crippen molar-refractivity contribution < 1.29 is 4.79 Å². The molecule has 23 heavy (non-hydrogen) atoms. The molecule has 4 nitrogen and oxygen atoms in total. The molecular weight excluding hydrogens is 448 g/mol. The predicted octanol–water partition coefficient (Wildman–Crippen LogP) is 4.55. The Bertz CT molecular complexity index is 795. The maximum atomic E-state index is 12.3. The minimum absolute atomic E-state index is 0.148. The van der Waals surface area contributed by atoms with E-state index in [1.54, 1.807) is 23.2 Å². The molecule has 0 spiro atoms. The monoisotopic (exact) mass is 459 g/mol. The Labute approximate surface area is 157 Å². The number of anilines is 1. The standard InChI is InChI=1S/C16H12Cl2IN3O/c17-12-6-5-10(9-13(12)18)22-8-7-15(21-22)20-16(23)11-3-1-2-4-14(11)19/h1-6,9H,7-8H2,(H,20,21,23). The van der Waals surface area contributed by atoms with Gasteiger partial charge in [-0.2, -0.15) is 5.10 Å². The van der Waals surface area contributed by atoms with Crippen molar-refractivity contribution in [2.75, 3.05) is 11.6 Å². The Morgan fingerprint density at radius 1 is 1.17 bits per heavy atom. The van der Waals surface area contributed by atoms with E-state index in [9.17, 15) is 4.79 Å². The van der Waals surface area contributed by atoms with E-state index in [1.165, 1.54) is 0 Å². The summed E-state index contributed by atoms with van der Waals surface area (Å²) >= 11 is 14.1. The number of carbonyl (C=O) groups excluding carboxylic acids is 1. The lowest BCUT2D eigenvalue weighted by molar-refractivity contribution is 0.0975. The highest BCUT2D eigenvalue weighted by molar-refractivity contribution is 14.1. The molecule has 0 bridgehead atoms. The molecule has 118 valence electrons. The lowest BCUT2D eigenvalue weighted by Crippen LogP contribution is -2.29. The second kappa shape index (κ2) is 7.07. The Balaban J connectivity index is 1.74. The van der Waals surface area contributed by atoms with Crippen LogP contribution in [0.25, 0.3) is 0 Å². The van der Waals surface area contributed by atoms with E-state index in [-0.39, 0.29) is 5.91 Å². The molecule has 1 aliphatic heterocycles. The van der Waals surface area contributed by atoms with Gasteiger partial charge in [-0.3, -0.25) is 9.80 Å². The number of halogens is 3. The first-order valence-electron chi connectivity index (χ1n) is 6.90. The van der Waals surface area contributed by atoms with Crippen LogP contribution in [0.2, 0.25) is 10.0 Å². The average Bonchev–Trinajstić information content (AvgIpc) is 2.99. The van der Waals surface area contributed by atoms with Gasteiger partial charge >= 0.3 is 0 Å². The summed E-state index contributed by atoms with van der Waals surface area (Å²) in [5, 5.41) is 10.1. The molecule has 1 heterocycles. The van der Waals surface area contributed by atoms with Crippen LogP contribution in [-0.4, -0.2) is 18.3 Å². The molecule has 0 unspecified atom stereocenters. The smallest absolute Gasteiger partial charge is 0.257 e. The summed E-state index contributed by atoms with van der Waals surface area (Å²) in [6, 6.07) is 12.8. The highest BCUT2D eigenvalue weighted by Gasteiger charge is 2.19. The topological polar surface area (TPSA) is 44.7 Å². The molecule has 0 aromatic heterocycles. The van der Waals surface area contributed by atoms with Crippen LogP contribution >= 0.6 is 45.8 Å². The Morgan fingerprint density at radius 2 is 1.96 bits per heavy atom. The summed E-state index contributed by atoms with van der Waals surface area (Å²) in [6.07, 6.45) is 0.662. The molecule has 3 rings (SSSR count). The Morgan fingerprint density at radius 3 is 2.70 bits per heavy atom. The molecule has 0 aliphatic carbocycles. The first-order valence-corrected chi connectivity index (χ1v) is 8.74. The zero-order chi connectivity index (χ0) is 16.4. The van der Waals surface area contributed by atoms with Crippen molar-refractivity contribution in [3.05, 3.63) is 61.6 Å². The first kappa shape index (κ1) is 16.5. The minimum Gasteiger partial charge on any atom is -0.309 e. The van der Waals surface area contributed by atoms with E-state index in [0.717, 1.165) is 9.26 Å². The van der Waals surface area contributed by atoms with Gasteiger partial charge in [-0.1, -0.05) is 35.3 Å². The van der Waals surface area contributed by atoms with Crippen molar-refractivity contribution in [2.24, 2.45) is 5.10 Å². The van der Waals surface area contributed by atoms with E-state index in [1.807, 2.05) is 24.3 Å². The molecule has 7 heteroatoms. The molecule has 1 aliphatic rings. The van der Waals surface area contributed by atoms with Crippen LogP contribution in [0.15, 0.2) is 47.6 Å². The van der Waals surface area contributed by atoms with Gasteiger partial charge < -0.3 is 5.32 Å². The quantitative estimate of drug-likeness (QED) is 0.669. The summed E-state index contributed by atoms with van der Waals surface area (Å²) in [4.78, 5) is 12.3. The first-order chi connectivity index (χ1) is 11.0. The largest absolute Gasteiger partial charge is 0.309 e. The Hall–Kier alpha value is -1.31. The average molecular weight is 460 g/mol. The van der Waals surface area contributed by atoms with Crippen LogP contribution in [0.5, 0.6) is 0 Å². The molecular formula is C16H12Cl2IN3O. The van der Waals surface area contributed by atoms with Crippen molar-refractivity contribution in [1.82, 2.24) is 5.32 Å². The summed E-state index contributed by atoms with van der Waals surface area (Å²) < 4.78 is 0.905. The summed E-state index contributed by atoms with van der Waals surface area (Å²) in [7, 11) is 0. The maximum Gasteiger partial charge on any atom is 0.257 e. The number of hydrazone groups is 1. The number of amides is 1. The molecule has 0 radical (unpaired) electrons. The van der Waals surface area contributed by atoms with Crippen LogP contribution in [-0.2, 0) is 0 Å². The molecule has 1 N–H and O–H groups in total. The third-order valence-corrected chi connectivity index (χ3v) is 5.06. The molecule has 2 aromatic rings. The van der Waals surface area contributed by atoms with Gasteiger partial charge in [0.25, 0.3) is 5.91 Å². The van der Waals surface area contributed by atoms with E-state index < -0.39 is 0 Å². The zero-order valence-corrected chi connectivity index (χ0v) is 15.6. The van der Waals surface area contributed by atoms with Gasteiger partial charge in [0.1, 0.15) is 5.84 Å². The van der Waals surface area contributed by atoms with Gasteiger partial charge in [0.2, 0.25) is 0 Å². The van der Waals surface area contributed by atoms with E-state index in [0.29, 0.717) is 34.4 Å². The fraction of sp³-hybridized carbons (Fsp3) is 0.125. The lowest BCUT2D eigenvalue weighted by Gasteiger charge is -2.13. The molecule has 0 atom stereocenters. The van der Waals surface area contributed by atoms with Crippen molar-refractivity contribution in [2.45, 2.75) is 6.42 Å². The van der Waals surface area contributed by atoms with Crippen LogP contribution in [0.3, 0.4) is 0 Å². The highest BCUT2D eigenvalue weighted by atomic mass is 127. The lowest BCUT2D eigenvalue weighted by atomic mass is 10.2. The molecule has 0 fully saturated rings.